The van der Waals surface area contributed by atoms with Gasteiger partial charge >= 0.3 is 0 Å². The molecule has 2 N–H and O–H groups in total. The van der Waals surface area contributed by atoms with Crippen LogP contribution in [-0.4, -0.2) is 30.3 Å². The van der Waals surface area contributed by atoms with Crippen molar-refractivity contribution in [3.63, 3.8) is 0 Å². The minimum Gasteiger partial charge on any atom is -0.392 e. The van der Waals surface area contributed by atoms with Crippen LogP contribution in [0.4, 0.5) is 0 Å². The highest BCUT2D eigenvalue weighted by atomic mass is 32.2. The van der Waals surface area contributed by atoms with Gasteiger partial charge in [0.1, 0.15) is 0 Å². The largest absolute Gasteiger partial charge is 0.392 e. The molecule has 1 saturated heterocycles. The monoisotopic (exact) mass is 298 g/mol. The zero-order valence-corrected chi connectivity index (χ0v) is 12.5. The van der Waals surface area contributed by atoms with E-state index >= 15 is 0 Å². The fourth-order valence-electron chi connectivity index (χ4n) is 2.39. The first-order chi connectivity index (χ1) is 8.93. The first-order valence-electron chi connectivity index (χ1n) is 6.31. The number of hydrogen-bond donors (Lipinski definition) is 1. The molecule has 0 radical (unpaired) electrons. The predicted octanol–water partition coefficient (Wildman–Crippen LogP) is 1.82. The molecule has 0 aromatic heterocycles. The molecule has 1 aliphatic rings. The van der Waals surface area contributed by atoms with Gasteiger partial charge in [-0.25, -0.2) is 8.42 Å². The Bertz CT molecular complexity index is 584. The maximum atomic E-state index is 12.7. The average Bonchev–Trinajstić information content (AvgIpc) is 2.38. The lowest BCUT2D eigenvalue weighted by molar-refractivity contribution is 0.306. The van der Waals surface area contributed by atoms with Gasteiger partial charge in [0.05, 0.1) is 15.9 Å². The van der Waals surface area contributed by atoms with E-state index < -0.39 is 10.0 Å². The maximum absolute atomic E-state index is 12.7. The van der Waals surface area contributed by atoms with Gasteiger partial charge in [0.25, 0.3) is 0 Å². The van der Waals surface area contributed by atoms with E-state index in [1.165, 1.54) is 4.31 Å². The summed E-state index contributed by atoms with van der Waals surface area (Å²) in [4.78, 5) is 0.576. The Kier molecular flexibility index (Phi) is 4.23. The highest BCUT2D eigenvalue weighted by Crippen LogP contribution is 2.25. The SMILES string of the molecule is Cc1cccc(S(=O)(=O)N2CCCCC2C(N)=S)c1. The number of benzene rings is 1. The standard InChI is InChI=1S/C13H18N2O2S2/c1-10-5-4-6-11(9-10)19(16,17)15-8-3-2-7-12(15)13(14)18/h4-6,9,12H,2-3,7-8H2,1H3,(H2,14,18). The number of sulfonamides is 1. The first-order valence-corrected chi connectivity index (χ1v) is 8.15. The average molecular weight is 298 g/mol. The summed E-state index contributed by atoms with van der Waals surface area (Å²) in [7, 11) is -3.51. The molecule has 0 spiro atoms. The van der Waals surface area contributed by atoms with Crippen molar-refractivity contribution in [2.24, 2.45) is 5.73 Å². The Morgan fingerprint density at radius 3 is 2.79 bits per heavy atom. The minimum absolute atomic E-state index is 0.260. The van der Waals surface area contributed by atoms with Crippen LogP contribution in [0.1, 0.15) is 24.8 Å². The van der Waals surface area contributed by atoms with Crippen molar-refractivity contribution in [1.82, 2.24) is 4.31 Å². The van der Waals surface area contributed by atoms with Crippen molar-refractivity contribution in [3.8, 4) is 0 Å². The number of nitrogens with zero attached hydrogens (tertiary/aromatic N) is 1. The van der Waals surface area contributed by atoms with Gasteiger partial charge in [-0.05, 0) is 37.5 Å². The summed E-state index contributed by atoms with van der Waals surface area (Å²) in [5.41, 5.74) is 6.61. The molecule has 0 saturated carbocycles. The van der Waals surface area contributed by atoms with Crippen LogP contribution < -0.4 is 5.73 Å². The zero-order chi connectivity index (χ0) is 14.0. The van der Waals surface area contributed by atoms with Gasteiger partial charge in [0, 0.05) is 6.54 Å². The summed E-state index contributed by atoms with van der Waals surface area (Å²) in [5, 5.41) is 0. The van der Waals surface area contributed by atoms with Crippen molar-refractivity contribution < 1.29 is 8.42 Å². The second kappa shape index (κ2) is 5.56. The van der Waals surface area contributed by atoms with Crippen molar-refractivity contribution >= 4 is 27.2 Å². The molecule has 6 heteroatoms. The maximum Gasteiger partial charge on any atom is 0.243 e. The van der Waals surface area contributed by atoms with Crippen LogP contribution in [0.3, 0.4) is 0 Å². The minimum atomic E-state index is -3.51. The molecule has 2 rings (SSSR count). The molecule has 1 unspecified atom stereocenters. The molecule has 1 aromatic rings. The summed E-state index contributed by atoms with van der Waals surface area (Å²) in [6, 6.07) is 6.57. The summed E-state index contributed by atoms with van der Waals surface area (Å²) >= 11 is 5.01. The van der Waals surface area contributed by atoms with Crippen molar-refractivity contribution in [2.75, 3.05) is 6.54 Å². The quantitative estimate of drug-likeness (QED) is 0.865. The Morgan fingerprint density at radius 2 is 2.16 bits per heavy atom. The molecule has 1 heterocycles. The van der Waals surface area contributed by atoms with E-state index in [4.69, 9.17) is 18.0 Å². The predicted molar refractivity (Wildman–Crippen MR) is 79.5 cm³/mol. The molecule has 0 aliphatic carbocycles. The van der Waals surface area contributed by atoms with E-state index in [0.717, 1.165) is 18.4 Å². The molecule has 1 aliphatic heterocycles. The molecule has 0 bridgehead atoms. The number of piperidine rings is 1. The smallest absolute Gasteiger partial charge is 0.243 e. The summed E-state index contributed by atoms with van der Waals surface area (Å²) in [6.45, 7) is 2.36. The number of hydrogen-bond acceptors (Lipinski definition) is 3. The van der Waals surface area contributed by atoms with Gasteiger partial charge < -0.3 is 5.73 Å². The normalized spacial score (nSPS) is 21.2. The lowest BCUT2D eigenvalue weighted by Gasteiger charge is -2.33. The Hall–Kier alpha value is -0.980. The van der Waals surface area contributed by atoms with E-state index in [1.54, 1.807) is 18.2 Å². The molecule has 104 valence electrons. The van der Waals surface area contributed by atoms with Gasteiger partial charge in [-0.15, -0.1) is 0 Å². The summed E-state index contributed by atoms with van der Waals surface area (Å²) in [5.74, 6) is 0. The van der Waals surface area contributed by atoms with E-state index in [-0.39, 0.29) is 11.0 Å². The molecule has 1 aromatic carbocycles. The molecule has 1 atom stereocenters. The third-order valence-corrected chi connectivity index (χ3v) is 5.55. The van der Waals surface area contributed by atoms with Gasteiger partial charge in [0.2, 0.25) is 10.0 Å². The fraction of sp³-hybridized carbons (Fsp3) is 0.462. The second-order valence-corrected chi connectivity index (χ2v) is 7.21. The zero-order valence-electron chi connectivity index (χ0n) is 10.9. The lowest BCUT2D eigenvalue weighted by atomic mass is 10.1. The lowest BCUT2D eigenvalue weighted by Crippen LogP contribution is -2.49. The number of nitrogens with two attached hydrogens (primary N) is 1. The Labute approximate surface area is 119 Å². The van der Waals surface area contributed by atoms with Gasteiger partial charge in [0.15, 0.2) is 0 Å². The van der Waals surface area contributed by atoms with Crippen LogP contribution in [0.5, 0.6) is 0 Å². The number of aryl methyl sites for hydroxylation is 1. The van der Waals surface area contributed by atoms with Crippen LogP contribution >= 0.6 is 12.2 Å². The van der Waals surface area contributed by atoms with E-state index in [2.05, 4.69) is 0 Å². The van der Waals surface area contributed by atoms with Crippen LogP contribution in [0.2, 0.25) is 0 Å². The van der Waals surface area contributed by atoms with Gasteiger partial charge in [-0.1, -0.05) is 30.8 Å². The van der Waals surface area contributed by atoms with Crippen molar-refractivity contribution in [3.05, 3.63) is 29.8 Å². The molecule has 4 nitrogen and oxygen atoms in total. The molecule has 0 amide bonds. The third-order valence-electron chi connectivity index (χ3n) is 3.38. The summed E-state index contributed by atoms with van der Waals surface area (Å²) in [6.07, 6.45) is 2.52. The molecular formula is C13H18N2O2S2. The van der Waals surface area contributed by atoms with Crippen LogP contribution in [0, 0.1) is 6.92 Å². The van der Waals surface area contributed by atoms with Crippen LogP contribution in [0.15, 0.2) is 29.2 Å². The van der Waals surface area contributed by atoms with Crippen molar-refractivity contribution in [2.45, 2.75) is 37.1 Å². The van der Waals surface area contributed by atoms with Gasteiger partial charge in [-0.2, -0.15) is 4.31 Å². The fourth-order valence-corrected chi connectivity index (χ4v) is 4.48. The molecule has 1 fully saturated rings. The van der Waals surface area contributed by atoms with Crippen LogP contribution in [-0.2, 0) is 10.0 Å². The topological polar surface area (TPSA) is 63.4 Å². The van der Waals surface area contributed by atoms with E-state index in [9.17, 15) is 8.42 Å². The summed E-state index contributed by atoms with van der Waals surface area (Å²) < 4.78 is 26.8. The highest BCUT2D eigenvalue weighted by Gasteiger charge is 2.34. The second-order valence-electron chi connectivity index (χ2n) is 4.85. The van der Waals surface area contributed by atoms with E-state index in [1.807, 2.05) is 13.0 Å². The highest BCUT2D eigenvalue weighted by molar-refractivity contribution is 7.89. The molecule has 19 heavy (non-hydrogen) atoms. The van der Waals surface area contributed by atoms with Crippen molar-refractivity contribution in [1.29, 1.82) is 0 Å². The Morgan fingerprint density at radius 1 is 1.42 bits per heavy atom. The number of thiocarbonyl (C=S) groups is 1. The molecular weight excluding hydrogens is 280 g/mol. The Balaban J connectivity index is 2.40. The number of rotatable bonds is 3. The van der Waals surface area contributed by atoms with Gasteiger partial charge in [-0.3, -0.25) is 0 Å². The first kappa shape index (κ1) is 14.4. The van der Waals surface area contributed by atoms with Crippen LogP contribution in [0.25, 0.3) is 0 Å². The van der Waals surface area contributed by atoms with E-state index in [0.29, 0.717) is 17.9 Å². The third kappa shape index (κ3) is 2.96.